The van der Waals surface area contributed by atoms with Gasteiger partial charge >= 0.3 is 24.3 Å². The summed E-state index contributed by atoms with van der Waals surface area (Å²) in [4.78, 5) is 26.0. The first kappa shape index (κ1) is 29.4. The molecule has 33 heavy (non-hydrogen) atoms. The van der Waals surface area contributed by atoms with Crippen LogP contribution in [0.4, 0.5) is 26.3 Å². The first-order chi connectivity index (χ1) is 15.2. The van der Waals surface area contributed by atoms with Crippen LogP contribution in [0.3, 0.4) is 0 Å². The van der Waals surface area contributed by atoms with Crippen LogP contribution in [0.2, 0.25) is 0 Å². The minimum Gasteiger partial charge on any atom is -0.475 e. The largest absolute Gasteiger partial charge is 0.490 e. The number of rotatable bonds is 3. The molecular formula is C20H33F6N3O4. The van der Waals surface area contributed by atoms with Crippen molar-refractivity contribution in [1.29, 1.82) is 0 Å². The van der Waals surface area contributed by atoms with Gasteiger partial charge in [-0.05, 0) is 70.7 Å². The van der Waals surface area contributed by atoms with Crippen LogP contribution in [0.15, 0.2) is 0 Å². The maximum absolute atomic E-state index is 10.6. The molecule has 0 saturated carbocycles. The molecule has 194 valence electrons. The van der Waals surface area contributed by atoms with Crippen molar-refractivity contribution in [3.05, 3.63) is 0 Å². The van der Waals surface area contributed by atoms with Gasteiger partial charge in [0.2, 0.25) is 0 Å². The van der Waals surface area contributed by atoms with Crippen molar-refractivity contribution in [3.8, 4) is 0 Å². The maximum atomic E-state index is 10.6. The number of carboxylic acid groups (broad SMARTS) is 2. The topological polar surface area (TPSA) is 84.3 Å². The zero-order chi connectivity index (χ0) is 25.2. The highest BCUT2D eigenvalue weighted by Gasteiger charge is 2.39. The minimum atomic E-state index is -5.08. The van der Waals surface area contributed by atoms with E-state index in [-0.39, 0.29) is 0 Å². The summed E-state index contributed by atoms with van der Waals surface area (Å²) in [5.41, 5.74) is 0. The molecule has 3 saturated heterocycles. The Morgan fingerprint density at radius 1 is 0.788 bits per heavy atom. The van der Waals surface area contributed by atoms with Gasteiger partial charge in [0.15, 0.2) is 0 Å². The van der Waals surface area contributed by atoms with Crippen molar-refractivity contribution in [2.75, 3.05) is 52.4 Å². The number of aliphatic carboxylic acids is 2. The van der Waals surface area contributed by atoms with Crippen molar-refractivity contribution in [1.82, 2.24) is 14.7 Å². The number of carboxylic acids is 2. The van der Waals surface area contributed by atoms with Crippen LogP contribution < -0.4 is 0 Å². The van der Waals surface area contributed by atoms with E-state index in [4.69, 9.17) is 19.8 Å². The van der Waals surface area contributed by atoms with Crippen molar-refractivity contribution in [2.45, 2.75) is 57.4 Å². The van der Waals surface area contributed by atoms with Gasteiger partial charge in [0.1, 0.15) is 0 Å². The average molecular weight is 493 g/mol. The summed E-state index contributed by atoms with van der Waals surface area (Å²) in [5, 5.41) is 14.2. The van der Waals surface area contributed by atoms with Crippen molar-refractivity contribution < 1.29 is 46.1 Å². The summed E-state index contributed by atoms with van der Waals surface area (Å²) >= 11 is 0. The highest BCUT2D eigenvalue weighted by molar-refractivity contribution is 5.73. The Bertz CT molecular complexity index is 594. The van der Waals surface area contributed by atoms with Crippen LogP contribution in [0.5, 0.6) is 0 Å². The number of hydrogen-bond donors (Lipinski definition) is 2. The molecule has 3 heterocycles. The lowest BCUT2D eigenvalue weighted by Gasteiger charge is -2.35. The number of halogens is 6. The van der Waals surface area contributed by atoms with E-state index in [0.717, 1.165) is 12.0 Å². The van der Waals surface area contributed by atoms with E-state index in [0.29, 0.717) is 0 Å². The van der Waals surface area contributed by atoms with E-state index in [1.807, 2.05) is 0 Å². The lowest BCUT2D eigenvalue weighted by atomic mass is 9.97. The van der Waals surface area contributed by atoms with Gasteiger partial charge in [0.05, 0.1) is 0 Å². The fraction of sp³-hybridized carbons (Fsp3) is 0.900. The van der Waals surface area contributed by atoms with Crippen LogP contribution in [-0.2, 0) is 9.59 Å². The molecule has 3 rings (SSSR count). The van der Waals surface area contributed by atoms with Gasteiger partial charge in [0, 0.05) is 25.7 Å². The van der Waals surface area contributed by atoms with Gasteiger partial charge in [0.25, 0.3) is 0 Å². The van der Waals surface area contributed by atoms with Gasteiger partial charge in [-0.25, -0.2) is 9.59 Å². The van der Waals surface area contributed by atoms with Crippen LogP contribution >= 0.6 is 0 Å². The Labute approximate surface area is 189 Å². The molecule has 0 aromatic rings. The molecule has 0 aromatic heterocycles. The Hall–Kier alpha value is -1.60. The normalized spacial score (nSPS) is 25.1. The predicted molar refractivity (Wildman–Crippen MR) is 108 cm³/mol. The highest BCUT2D eigenvalue weighted by atomic mass is 19.4. The Morgan fingerprint density at radius 3 is 1.79 bits per heavy atom. The summed E-state index contributed by atoms with van der Waals surface area (Å²) < 4.78 is 63.5. The summed E-state index contributed by atoms with van der Waals surface area (Å²) in [6.07, 6.45) is -3.02. The highest BCUT2D eigenvalue weighted by Crippen LogP contribution is 2.24. The second-order valence-electron chi connectivity index (χ2n) is 8.45. The fourth-order valence-corrected chi connectivity index (χ4v) is 4.40. The van der Waals surface area contributed by atoms with E-state index in [2.05, 4.69) is 21.6 Å². The van der Waals surface area contributed by atoms with Gasteiger partial charge < -0.3 is 20.0 Å². The third-order valence-corrected chi connectivity index (χ3v) is 5.94. The predicted octanol–water partition coefficient (Wildman–Crippen LogP) is 3.16. The maximum Gasteiger partial charge on any atom is 0.490 e. The number of fused-ring (bicyclic) bond motifs is 1. The van der Waals surface area contributed by atoms with E-state index in [9.17, 15) is 26.3 Å². The molecule has 3 aliphatic heterocycles. The molecule has 2 unspecified atom stereocenters. The minimum absolute atomic E-state index is 0.883. The molecule has 0 bridgehead atoms. The van der Waals surface area contributed by atoms with Crippen molar-refractivity contribution in [2.24, 2.45) is 5.92 Å². The molecule has 2 atom stereocenters. The van der Waals surface area contributed by atoms with Gasteiger partial charge in [-0.1, -0.05) is 6.92 Å². The van der Waals surface area contributed by atoms with Gasteiger partial charge in [-0.15, -0.1) is 0 Å². The lowest BCUT2D eigenvalue weighted by Crippen LogP contribution is -2.43. The van der Waals surface area contributed by atoms with Crippen LogP contribution in [0.1, 0.15) is 39.0 Å². The molecule has 2 N–H and O–H groups in total. The number of piperidine rings is 1. The molecule has 0 radical (unpaired) electrons. The number of carbonyl (C=O) groups is 2. The molecule has 0 aliphatic carbocycles. The first-order valence-corrected chi connectivity index (χ1v) is 11.0. The number of likely N-dealkylation sites (tertiary alicyclic amines) is 1. The Balaban J connectivity index is 0.000000324. The Morgan fingerprint density at radius 2 is 1.27 bits per heavy atom. The lowest BCUT2D eigenvalue weighted by molar-refractivity contribution is -0.193. The zero-order valence-electron chi connectivity index (χ0n) is 18.7. The quantitative estimate of drug-likeness (QED) is 0.585. The molecule has 0 spiro atoms. The summed E-state index contributed by atoms with van der Waals surface area (Å²) in [5.74, 6) is -4.58. The molecular weight excluding hydrogens is 460 g/mol. The number of alkyl halides is 6. The third kappa shape index (κ3) is 11.4. The number of hydrogen-bond acceptors (Lipinski definition) is 5. The summed E-state index contributed by atoms with van der Waals surface area (Å²) in [7, 11) is 0. The zero-order valence-corrected chi connectivity index (χ0v) is 18.7. The van der Waals surface area contributed by atoms with Crippen LogP contribution in [0.25, 0.3) is 0 Å². The smallest absolute Gasteiger partial charge is 0.475 e. The van der Waals surface area contributed by atoms with Crippen LogP contribution in [-0.4, -0.2) is 108 Å². The molecule has 3 aliphatic rings. The Kier molecular flexibility index (Phi) is 11.9. The average Bonchev–Trinajstić information content (AvgIpc) is 3.06. The SMILES string of the molecule is CCN1CCCC(CN2CCCN3CCCC3C2)C1.O=C(O)C(F)(F)F.O=C(O)C(F)(F)F. The monoisotopic (exact) mass is 493 g/mol. The summed E-state index contributed by atoms with van der Waals surface area (Å²) in [6, 6.07) is 0.883. The third-order valence-electron chi connectivity index (χ3n) is 5.94. The van der Waals surface area contributed by atoms with Crippen molar-refractivity contribution in [3.63, 3.8) is 0 Å². The van der Waals surface area contributed by atoms with Crippen LogP contribution in [0, 0.1) is 5.92 Å². The second-order valence-corrected chi connectivity index (χ2v) is 8.45. The first-order valence-electron chi connectivity index (χ1n) is 11.0. The van der Waals surface area contributed by atoms with Crippen molar-refractivity contribution >= 4 is 11.9 Å². The molecule has 3 fully saturated rings. The van der Waals surface area contributed by atoms with E-state index in [1.165, 1.54) is 84.5 Å². The van der Waals surface area contributed by atoms with E-state index < -0.39 is 24.3 Å². The van der Waals surface area contributed by atoms with Gasteiger partial charge in [-0.3, -0.25) is 4.90 Å². The molecule has 7 nitrogen and oxygen atoms in total. The fourth-order valence-electron chi connectivity index (χ4n) is 4.40. The summed E-state index contributed by atoms with van der Waals surface area (Å²) in [6.45, 7) is 13.0. The van der Waals surface area contributed by atoms with E-state index in [1.54, 1.807) is 0 Å². The second kappa shape index (κ2) is 13.3. The van der Waals surface area contributed by atoms with Gasteiger partial charge in [-0.2, -0.15) is 26.3 Å². The molecule has 0 aromatic carbocycles. The molecule has 0 amide bonds. The standard InChI is InChI=1S/C16H31N3.2C2HF3O2/c1-2-17-8-3-6-15(12-17)13-18-9-5-11-19-10-4-7-16(19)14-18;2*3-2(4,5)1(6)7/h15-16H,2-14H2,1H3;2*(H,6,7). The number of nitrogens with zero attached hydrogens (tertiary/aromatic N) is 3. The molecule has 13 heteroatoms. The van der Waals surface area contributed by atoms with E-state index >= 15 is 0 Å².